The summed E-state index contributed by atoms with van der Waals surface area (Å²) in [5.41, 5.74) is 1.70. The summed E-state index contributed by atoms with van der Waals surface area (Å²) in [6, 6.07) is 15.6. The van der Waals surface area contributed by atoms with E-state index < -0.39 is 23.8 Å². The van der Waals surface area contributed by atoms with E-state index in [9.17, 15) is 18.8 Å². The Kier molecular flexibility index (Phi) is 5.14. The first-order chi connectivity index (χ1) is 14.4. The van der Waals surface area contributed by atoms with Crippen LogP contribution in [0.4, 0.5) is 15.8 Å². The molecule has 152 valence electrons. The minimum atomic E-state index is -0.556. The third-order valence-electron chi connectivity index (χ3n) is 4.91. The lowest BCUT2D eigenvalue weighted by atomic mass is 10.1. The van der Waals surface area contributed by atoms with Crippen molar-refractivity contribution in [3.05, 3.63) is 88.1 Å². The second kappa shape index (κ2) is 7.90. The van der Waals surface area contributed by atoms with Gasteiger partial charge < -0.3 is 10.2 Å². The summed E-state index contributed by atoms with van der Waals surface area (Å²) in [6.07, 6.45) is 0.734. The fraction of sp³-hybridized carbons (Fsp3) is 0.182. The number of hydrogen-bond donors (Lipinski definition) is 1. The first-order valence-electron chi connectivity index (χ1n) is 9.47. The minimum Gasteiger partial charge on any atom is -0.324 e. The van der Waals surface area contributed by atoms with Crippen LogP contribution in [0, 0.1) is 5.82 Å². The van der Waals surface area contributed by atoms with Gasteiger partial charge in [0, 0.05) is 23.5 Å². The molecule has 1 atom stereocenters. The van der Waals surface area contributed by atoms with E-state index in [1.165, 1.54) is 36.4 Å². The largest absolute Gasteiger partial charge is 0.324 e. The molecular weight excluding hydrogens is 387 g/mol. The molecule has 2 aromatic carbocycles. The number of fused-ring (bicyclic) bond motifs is 1. The van der Waals surface area contributed by atoms with Crippen molar-refractivity contribution in [2.75, 3.05) is 10.2 Å². The van der Waals surface area contributed by atoms with E-state index in [0.717, 1.165) is 22.4 Å². The highest BCUT2D eigenvalue weighted by Gasteiger charge is 2.32. The molecule has 0 saturated heterocycles. The summed E-state index contributed by atoms with van der Waals surface area (Å²) >= 11 is 0. The van der Waals surface area contributed by atoms with Crippen molar-refractivity contribution in [3.63, 3.8) is 0 Å². The molecule has 0 fully saturated rings. The van der Waals surface area contributed by atoms with Gasteiger partial charge in [-0.2, -0.15) is 5.10 Å². The normalized spacial score (nSPS) is 15.0. The van der Waals surface area contributed by atoms with Crippen molar-refractivity contribution >= 4 is 23.2 Å². The Morgan fingerprint density at radius 3 is 2.73 bits per heavy atom. The Labute approximate surface area is 171 Å². The van der Waals surface area contributed by atoms with Crippen molar-refractivity contribution in [1.82, 2.24) is 9.78 Å². The van der Waals surface area contributed by atoms with Crippen LogP contribution in [0.25, 0.3) is 0 Å². The number of benzene rings is 2. The number of aromatic nitrogens is 2. The van der Waals surface area contributed by atoms with Gasteiger partial charge in [0.2, 0.25) is 5.91 Å². The van der Waals surface area contributed by atoms with Gasteiger partial charge in [0.25, 0.3) is 11.5 Å². The van der Waals surface area contributed by atoms with Gasteiger partial charge in [-0.3, -0.25) is 14.4 Å². The molecule has 0 unspecified atom stereocenters. The standard InChI is InChI=1S/C22H19FN4O3/c1-14-11-15-5-2-3-8-19(15)27(14)22(30)18-9-10-21(29)26(25-18)13-20(28)24-17-7-4-6-16(23)12-17/h2-10,12,14H,11,13H2,1H3,(H,24,28)/t14-/m1/s1. The number of para-hydroxylation sites is 1. The average Bonchev–Trinajstić information content (AvgIpc) is 3.04. The number of halogens is 1. The Balaban J connectivity index is 1.55. The van der Waals surface area contributed by atoms with Crippen molar-refractivity contribution in [3.8, 4) is 0 Å². The fourth-order valence-electron chi connectivity index (χ4n) is 3.58. The third-order valence-corrected chi connectivity index (χ3v) is 4.91. The summed E-state index contributed by atoms with van der Waals surface area (Å²) in [6.45, 7) is 1.54. The lowest BCUT2D eigenvalue weighted by Crippen LogP contribution is -2.38. The highest BCUT2D eigenvalue weighted by molar-refractivity contribution is 6.06. The topological polar surface area (TPSA) is 84.3 Å². The summed E-state index contributed by atoms with van der Waals surface area (Å²) in [5, 5.41) is 6.61. The predicted molar refractivity (Wildman–Crippen MR) is 110 cm³/mol. The first kappa shape index (κ1) is 19.5. The van der Waals surface area contributed by atoms with Crippen molar-refractivity contribution in [2.24, 2.45) is 0 Å². The van der Waals surface area contributed by atoms with Gasteiger partial charge in [0.05, 0.1) is 0 Å². The number of hydrogen-bond acceptors (Lipinski definition) is 4. The highest BCUT2D eigenvalue weighted by atomic mass is 19.1. The lowest BCUT2D eigenvalue weighted by molar-refractivity contribution is -0.117. The van der Waals surface area contributed by atoms with Crippen LogP contribution < -0.4 is 15.8 Å². The first-order valence-corrected chi connectivity index (χ1v) is 9.47. The van der Waals surface area contributed by atoms with Crippen molar-refractivity contribution < 1.29 is 14.0 Å². The molecule has 2 amide bonds. The zero-order valence-electron chi connectivity index (χ0n) is 16.2. The molecule has 0 spiro atoms. The molecule has 8 heteroatoms. The van der Waals surface area contributed by atoms with E-state index >= 15 is 0 Å². The molecule has 4 rings (SSSR count). The molecule has 1 N–H and O–H groups in total. The molecular formula is C22H19FN4O3. The number of nitrogens with one attached hydrogen (secondary N) is 1. The van der Waals surface area contributed by atoms with Gasteiger partial charge in [0.1, 0.15) is 18.1 Å². The SMILES string of the molecule is C[C@@H]1Cc2ccccc2N1C(=O)c1ccc(=O)n(CC(=O)Nc2cccc(F)c2)n1. The van der Waals surface area contributed by atoms with E-state index in [2.05, 4.69) is 10.4 Å². The molecule has 2 heterocycles. The smallest absolute Gasteiger partial charge is 0.278 e. The second-order valence-corrected chi connectivity index (χ2v) is 7.13. The molecule has 7 nitrogen and oxygen atoms in total. The highest BCUT2D eigenvalue weighted by Crippen LogP contribution is 2.32. The summed E-state index contributed by atoms with van der Waals surface area (Å²) in [4.78, 5) is 39.2. The molecule has 30 heavy (non-hydrogen) atoms. The molecule has 1 aliphatic heterocycles. The average molecular weight is 406 g/mol. The number of carbonyl (C=O) groups excluding carboxylic acids is 2. The van der Waals surface area contributed by atoms with Crippen LogP contribution in [-0.2, 0) is 17.8 Å². The Bertz CT molecular complexity index is 1190. The van der Waals surface area contributed by atoms with Crippen LogP contribution in [0.15, 0.2) is 65.5 Å². The maximum atomic E-state index is 13.3. The van der Waals surface area contributed by atoms with Crippen LogP contribution >= 0.6 is 0 Å². The van der Waals surface area contributed by atoms with Gasteiger partial charge in [-0.05, 0) is 49.2 Å². The Morgan fingerprint density at radius 1 is 1.13 bits per heavy atom. The minimum absolute atomic E-state index is 0.0478. The summed E-state index contributed by atoms with van der Waals surface area (Å²) in [5.74, 6) is -1.39. The van der Waals surface area contributed by atoms with Crippen molar-refractivity contribution in [1.29, 1.82) is 0 Å². The number of amides is 2. The molecule has 1 aliphatic rings. The zero-order chi connectivity index (χ0) is 21.3. The van der Waals surface area contributed by atoms with Crippen LogP contribution in [0.1, 0.15) is 23.0 Å². The summed E-state index contributed by atoms with van der Waals surface area (Å²) < 4.78 is 14.2. The number of anilines is 2. The van der Waals surface area contributed by atoms with E-state index in [0.29, 0.717) is 0 Å². The van der Waals surface area contributed by atoms with Crippen molar-refractivity contribution in [2.45, 2.75) is 25.9 Å². The molecule has 3 aromatic rings. The van der Waals surface area contributed by atoms with Crippen LogP contribution in [0.5, 0.6) is 0 Å². The molecule has 0 saturated carbocycles. The Hall–Kier alpha value is -3.81. The maximum absolute atomic E-state index is 13.3. The lowest BCUT2D eigenvalue weighted by Gasteiger charge is -2.22. The monoisotopic (exact) mass is 406 g/mol. The van der Waals surface area contributed by atoms with Crippen LogP contribution in [0.3, 0.4) is 0 Å². The third kappa shape index (κ3) is 3.84. The fourth-order valence-corrected chi connectivity index (χ4v) is 3.58. The van der Waals surface area contributed by atoms with Gasteiger partial charge in [-0.25, -0.2) is 9.07 Å². The molecule has 0 aliphatic carbocycles. The number of nitrogens with zero attached hydrogens (tertiary/aromatic N) is 3. The number of rotatable bonds is 4. The van der Waals surface area contributed by atoms with E-state index in [1.54, 1.807) is 4.90 Å². The molecule has 0 bridgehead atoms. The van der Waals surface area contributed by atoms with Gasteiger partial charge in [-0.15, -0.1) is 0 Å². The predicted octanol–water partition coefficient (Wildman–Crippen LogP) is 2.61. The van der Waals surface area contributed by atoms with Gasteiger partial charge >= 0.3 is 0 Å². The molecule has 1 aromatic heterocycles. The Morgan fingerprint density at radius 2 is 1.93 bits per heavy atom. The van der Waals surface area contributed by atoms with Gasteiger partial charge in [-0.1, -0.05) is 24.3 Å². The maximum Gasteiger partial charge on any atom is 0.278 e. The summed E-state index contributed by atoms with van der Waals surface area (Å²) in [7, 11) is 0. The number of carbonyl (C=O) groups is 2. The zero-order valence-corrected chi connectivity index (χ0v) is 16.2. The van der Waals surface area contributed by atoms with E-state index in [4.69, 9.17) is 0 Å². The van der Waals surface area contributed by atoms with Crippen LogP contribution in [0.2, 0.25) is 0 Å². The second-order valence-electron chi connectivity index (χ2n) is 7.13. The van der Waals surface area contributed by atoms with E-state index in [1.807, 2.05) is 31.2 Å². The van der Waals surface area contributed by atoms with Gasteiger partial charge in [0.15, 0.2) is 0 Å². The van der Waals surface area contributed by atoms with Crippen LogP contribution in [-0.4, -0.2) is 27.6 Å². The molecule has 0 radical (unpaired) electrons. The van der Waals surface area contributed by atoms with E-state index in [-0.39, 0.29) is 23.3 Å². The quantitative estimate of drug-likeness (QED) is 0.722.